The fraction of sp³-hybridized carbons (Fsp3) is 1.00. The summed E-state index contributed by atoms with van der Waals surface area (Å²) in [6.45, 7) is 6.04. The number of nitrogens with zero attached hydrogens (tertiary/aromatic N) is 1. The molecule has 2 heteroatoms. The van der Waals surface area contributed by atoms with E-state index < -0.39 is 0 Å². The Hall–Kier alpha value is -0.0800. The maximum absolute atomic E-state index is 6.37. The van der Waals surface area contributed by atoms with E-state index in [1.165, 1.54) is 45.2 Å². The Balaban J connectivity index is 1.57. The second kappa shape index (κ2) is 2.73. The Morgan fingerprint density at radius 3 is 2.57 bits per heavy atom. The highest BCUT2D eigenvalue weighted by Gasteiger charge is 2.49. The van der Waals surface area contributed by atoms with Crippen LogP contribution in [-0.2, 0) is 0 Å². The Kier molecular flexibility index (Phi) is 1.79. The molecule has 0 aromatic heterocycles. The third kappa shape index (κ3) is 1.59. The molecule has 0 bridgehead atoms. The predicted molar refractivity (Wildman–Crippen MR) is 58.0 cm³/mol. The molecule has 1 saturated heterocycles. The summed E-state index contributed by atoms with van der Waals surface area (Å²) >= 11 is 0. The molecule has 1 spiro atoms. The summed E-state index contributed by atoms with van der Waals surface area (Å²) in [6, 6.07) is 0. The minimum atomic E-state index is 0.0976. The molecule has 3 fully saturated rings. The average molecular weight is 194 g/mol. The number of hydrogen-bond donors (Lipinski definition) is 1. The number of nitrogens with two attached hydrogens (primary N) is 1. The van der Waals surface area contributed by atoms with Crippen molar-refractivity contribution in [3.05, 3.63) is 0 Å². The van der Waals surface area contributed by atoms with Crippen molar-refractivity contribution < 1.29 is 0 Å². The van der Waals surface area contributed by atoms with Gasteiger partial charge in [-0.05, 0) is 56.9 Å². The first-order chi connectivity index (χ1) is 6.60. The zero-order valence-corrected chi connectivity index (χ0v) is 9.26. The summed E-state index contributed by atoms with van der Waals surface area (Å²) in [5.74, 6) is 0.818. The van der Waals surface area contributed by atoms with Crippen LogP contribution in [0, 0.1) is 11.3 Å². The van der Waals surface area contributed by atoms with E-state index in [2.05, 4.69) is 11.8 Å². The average Bonchev–Trinajstić information content (AvgIpc) is 2.91. The van der Waals surface area contributed by atoms with E-state index >= 15 is 0 Å². The molecule has 1 unspecified atom stereocenters. The van der Waals surface area contributed by atoms with Crippen molar-refractivity contribution in [3.63, 3.8) is 0 Å². The van der Waals surface area contributed by atoms with Gasteiger partial charge in [-0.15, -0.1) is 0 Å². The smallest absolute Gasteiger partial charge is 0.0283 e. The van der Waals surface area contributed by atoms with Crippen molar-refractivity contribution in [1.29, 1.82) is 0 Å². The summed E-state index contributed by atoms with van der Waals surface area (Å²) in [7, 11) is 0. The second-order valence-electron chi connectivity index (χ2n) is 6.24. The first-order valence-electron chi connectivity index (χ1n) is 6.11. The molecule has 0 aromatic rings. The highest BCUT2D eigenvalue weighted by Crippen LogP contribution is 2.53. The zero-order valence-electron chi connectivity index (χ0n) is 9.26. The Morgan fingerprint density at radius 2 is 2.07 bits per heavy atom. The number of likely N-dealkylation sites (tertiary alicyclic amines) is 1. The predicted octanol–water partition coefficient (Wildman–Crippen LogP) is 1.60. The van der Waals surface area contributed by atoms with Gasteiger partial charge in [0.05, 0.1) is 0 Å². The largest absolute Gasteiger partial charge is 0.324 e. The van der Waals surface area contributed by atoms with Crippen LogP contribution < -0.4 is 5.73 Å². The van der Waals surface area contributed by atoms with Gasteiger partial charge in [0.1, 0.15) is 0 Å². The van der Waals surface area contributed by atoms with Crippen molar-refractivity contribution in [2.24, 2.45) is 17.1 Å². The van der Waals surface area contributed by atoms with Gasteiger partial charge < -0.3 is 10.6 Å². The van der Waals surface area contributed by atoms with E-state index in [1.54, 1.807) is 0 Å². The molecule has 2 saturated carbocycles. The van der Waals surface area contributed by atoms with Gasteiger partial charge in [-0.3, -0.25) is 0 Å². The molecule has 2 N–H and O–H groups in total. The lowest BCUT2D eigenvalue weighted by Crippen LogP contribution is -2.49. The maximum Gasteiger partial charge on any atom is 0.0283 e. The Morgan fingerprint density at radius 1 is 1.36 bits per heavy atom. The summed E-state index contributed by atoms with van der Waals surface area (Å²) in [5, 5.41) is 0. The first kappa shape index (κ1) is 9.17. The molecule has 2 aliphatic carbocycles. The van der Waals surface area contributed by atoms with Crippen molar-refractivity contribution in [1.82, 2.24) is 4.90 Å². The van der Waals surface area contributed by atoms with Gasteiger partial charge in [-0.2, -0.15) is 0 Å². The van der Waals surface area contributed by atoms with E-state index in [1.807, 2.05) is 0 Å². The molecule has 0 amide bonds. The summed E-state index contributed by atoms with van der Waals surface area (Å²) < 4.78 is 0. The number of rotatable bonds is 3. The van der Waals surface area contributed by atoms with Crippen LogP contribution in [0.2, 0.25) is 0 Å². The monoisotopic (exact) mass is 194 g/mol. The minimum absolute atomic E-state index is 0.0976. The fourth-order valence-corrected chi connectivity index (χ4v) is 3.10. The molecule has 2 nitrogen and oxygen atoms in total. The standard InChI is InChI=1S/C12H22N2/c1-11(13,10-2-3-10)8-14-7-6-12(9-14)4-5-12/h10H,2-9,13H2,1H3. The molecule has 0 aromatic carbocycles. The van der Waals surface area contributed by atoms with Gasteiger partial charge in [0.2, 0.25) is 0 Å². The highest BCUT2D eigenvalue weighted by molar-refractivity contribution is 5.04. The lowest BCUT2D eigenvalue weighted by atomic mass is 9.97. The van der Waals surface area contributed by atoms with Crippen LogP contribution in [0.5, 0.6) is 0 Å². The molecule has 14 heavy (non-hydrogen) atoms. The summed E-state index contributed by atoms with van der Waals surface area (Å²) in [5.41, 5.74) is 7.23. The van der Waals surface area contributed by atoms with Crippen molar-refractivity contribution in [3.8, 4) is 0 Å². The molecule has 1 atom stereocenters. The fourth-order valence-electron chi connectivity index (χ4n) is 3.10. The topological polar surface area (TPSA) is 29.3 Å². The van der Waals surface area contributed by atoms with Gasteiger partial charge in [-0.25, -0.2) is 0 Å². The molecule has 0 radical (unpaired) electrons. The normalized spacial score (nSPS) is 34.7. The van der Waals surface area contributed by atoms with E-state index in [0.717, 1.165) is 17.9 Å². The van der Waals surface area contributed by atoms with Crippen molar-refractivity contribution >= 4 is 0 Å². The van der Waals surface area contributed by atoms with Crippen LogP contribution in [0.4, 0.5) is 0 Å². The summed E-state index contributed by atoms with van der Waals surface area (Å²) in [4.78, 5) is 2.62. The van der Waals surface area contributed by atoms with Crippen LogP contribution in [-0.4, -0.2) is 30.1 Å². The lowest BCUT2D eigenvalue weighted by molar-refractivity contribution is 0.230. The van der Waals surface area contributed by atoms with E-state index in [9.17, 15) is 0 Å². The van der Waals surface area contributed by atoms with Gasteiger partial charge in [0, 0.05) is 18.6 Å². The van der Waals surface area contributed by atoms with Crippen LogP contribution in [0.1, 0.15) is 39.0 Å². The third-order valence-electron chi connectivity index (χ3n) is 4.55. The van der Waals surface area contributed by atoms with Crippen LogP contribution in [0.25, 0.3) is 0 Å². The highest BCUT2D eigenvalue weighted by atomic mass is 15.2. The quantitative estimate of drug-likeness (QED) is 0.739. The summed E-state index contributed by atoms with van der Waals surface area (Å²) in [6.07, 6.45) is 7.13. The molecular formula is C12H22N2. The molecule has 1 aliphatic heterocycles. The van der Waals surface area contributed by atoms with E-state index in [-0.39, 0.29) is 5.54 Å². The Bertz CT molecular complexity index is 239. The van der Waals surface area contributed by atoms with Gasteiger partial charge >= 0.3 is 0 Å². The molecular weight excluding hydrogens is 172 g/mol. The van der Waals surface area contributed by atoms with Crippen molar-refractivity contribution in [2.75, 3.05) is 19.6 Å². The first-order valence-corrected chi connectivity index (χ1v) is 6.11. The third-order valence-corrected chi connectivity index (χ3v) is 4.55. The second-order valence-corrected chi connectivity index (χ2v) is 6.24. The molecule has 3 aliphatic rings. The number of hydrogen-bond acceptors (Lipinski definition) is 2. The lowest BCUT2D eigenvalue weighted by Gasteiger charge is -2.30. The van der Waals surface area contributed by atoms with Crippen LogP contribution in [0.15, 0.2) is 0 Å². The Labute approximate surface area is 86.8 Å². The maximum atomic E-state index is 6.37. The van der Waals surface area contributed by atoms with Gasteiger partial charge in [-0.1, -0.05) is 0 Å². The van der Waals surface area contributed by atoms with E-state index in [0.29, 0.717) is 0 Å². The van der Waals surface area contributed by atoms with Crippen LogP contribution in [0.3, 0.4) is 0 Å². The van der Waals surface area contributed by atoms with Crippen LogP contribution >= 0.6 is 0 Å². The molecule has 80 valence electrons. The van der Waals surface area contributed by atoms with E-state index in [4.69, 9.17) is 5.73 Å². The molecule has 3 rings (SSSR count). The van der Waals surface area contributed by atoms with Crippen molar-refractivity contribution in [2.45, 2.75) is 44.6 Å². The minimum Gasteiger partial charge on any atom is -0.324 e. The molecule has 1 heterocycles. The van der Waals surface area contributed by atoms with Gasteiger partial charge in [0.15, 0.2) is 0 Å². The van der Waals surface area contributed by atoms with Gasteiger partial charge in [0.25, 0.3) is 0 Å². The zero-order chi connectivity index (χ0) is 9.81. The SMILES string of the molecule is CC(N)(CN1CCC2(CC2)C1)C1CC1.